The van der Waals surface area contributed by atoms with Crippen molar-refractivity contribution in [2.24, 2.45) is 0 Å². The summed E-state index contributed by atoms with van der Waals surface area (Å²) in [5, 5.41) is 3.33. The Labute approximate surface area is 112 Å². The molecule has 0 aliphatic rings. The number of hydrogen-bond acceptors (Lipinski definition) is 1. The Bertz CT molecular complexity index is 327. The van der Waals surface area contributed by atoms with Gasteiger partial charge in [-0.15, -0.1) is 0 Å². The number of nitrogens with one attached hydrogen (secondary N) is 1. The molecule has 0 aromatic heterocycles. The molecule has 0 saturated heterocycles. The third kappa shape index (κ3) is 5.66. The monoisotopic (exact) mass is 329 g/mol. The van der Waals surface area contributed by atoms with Gasteiger partial charge in [-0.25, -0.2) is 0 Å². The van der Waals surface area contributed by atoms with E-state index < -0.39 is 0 Å². The molecule has 0 saturated carbocycles. The lowest BCUT2D eigenvalue weighted by atomic mass is 10.1. The molecule has 0 fully saturated rings. The van der Waals surface area contributed by atoms with E-state index in [4.69, 9.17) is 0 Å². The quantitative estimate of drug-likeness (QED) is 0.476. The number of benzene rings is 1. The van der Waals surface area contributed by atoms with E-state index in [1.165, 1.54) is 14.7 Å². The Hall–Kier alpha value is -0.350. The van der Waals surface area contributed by atoms with Gasteiger partial charge in [0.05, 0.1) is 0 Å². The molecular formula is C14H20IN. The molecule has 0 heterocycles. The van der Waals surface area contributed by atoms with Crippen LogP contribution in [0.15, 0.2) is 35.9 Å². The summed E-state index contributed by atoms with van der Waals surface area (Å²) in [6.07, 6.45) is 4.54. The van der Waals surface area contributed by atoms with Gasteiger partial charge in [0.25, 0.3) is 0 Å². The van der Waals surface area contributed by atoms with Crippen LogP contribution in [0.4, 0.5) is 0 Å². The van der Waals surface area contributed by atoms with Gasteiger partial charge in [-0.3, -0.25) is 0 Å². The van der Waals surface area contributed by atoms with E-state index in [9.17, 15) is 0 Å². The summed E-state index contributed by atoms with van der Waals surface area (Å²) in [6.45, 7) is 6.50. The topological polar surface area (TPSA) is 12.0 Å². The second kappa shape index (κ2) is 7.85. The fourth-order valence-corrected chi connectivity index (χ4v) is 1.95. The zero-order valence-corrected chi connectivity index (χ0v) is 12.3. The molecule has 0 spiro atoms. The SMILES string of the molecule is CCNCCC=C(C)Cc1ccc(I)cc1. The van der Waals surface area contributed by atoms with Crippen LogP contribution in [0.2, 0.25) is 0 Å². The minimum absolute atomic E-state index is 1.06. The predicted molar refractivity (Wildman–Crippen MR) is 79.8 cm³/mol. The smallest absolute Gasteiger partial charge is 0.0130 e. The normalized spacial score (nSPS) is 11.8. The lowest BCUT2D eigenvalue weighted by molar-refractivity contribution is 0.724. The maximum absolute atomic E-state index is 3.33. The fraction of sp³-hybridized carbons (Fsp3) is 0.429. The predicted octanol–water partition coefficient (Wildman–Crippen LogP) is 3.78. The van der Waals surface area contributed by atoms with Crippen molar-refractivity contribution >= 4 is 22.6 Å². The molecule has 0 aliphatic heterocycles. The first-order valence-corrected chi connectivity index (χ1v) is 6.91. The average molecular weight is 329 g/mol. The Balaban J connectivity index is 2.38. The van der Waals surface area contributed by atoms with E-state index >= 15 is 0 Å². The van der Waals surface area contributed by atoms with Gasteiger partial charge in [0.15, 0.2) is 0 Å². The third-order valence-electron chi connectivity index (χ3n) is 2.46. The summed E-state index contributed by atoms with van der Waals surface area (Å²) < 4.78 is 1.30. The number of allylic oxidation sites excluding steroid dienone is 1. The largest absolute Gasteiger partial charge is 0.317 e. The molecule has 1 rings (SSSR count). The van der Waals surface area contributed by atoms with Gasteiger partial charge in [0, 0.05) is 3.57 Å². The lowest BCUT2D eigenvalue weighted by Gasteiger charge is -2.03. The summed E-state index contributed by atoms with van der Waals surface area (Å²) >= 11 is 2.34. The fourth-order valence-electron chi connectivity index (χ4n) is 1.59. The van der Waals surface area contributed by atoms with Crippen LogP contribution in [0.3, 0.4) is 0 Å². The minimum Gasteiger partial charge on any atom is -0.317 e. The maximum Gasteiger partial charge on any atom is 0.0130 e. The molecule has 88 valence electrons. The van der Waals surface area contributed by atoms with Crippen molar-refractivity contribution in [3.05, 3.63) is 45.0 Å². The van der Waals surface area contributed by atoms with Crippen molar-refractivity contribution in [1.82, 2.24) is 5.32 Å². The molecule has 1 N–H and O–H groups in total. The van der Waals surface area contributed by atoms with E-state index in [1.54, 1.807) is 0 Å². The summed E-state index contributed by atoms with van der Waals surface area (Å²) in [7, 11) is 0. The molecule has 1 aromatic carbocycles. The molecule has 0 bridgehead atoms. The number of halogens is 1. The number of rotatable bonds is 6. The first-order valence-electron chi connectivity index (χ1n) is 5.83. The lowest BCUT2D eigenvalue weighted by Crippen LogP contribution is -2.13. The highest BCUT2D eigenvalue weighted by Gasteiger charge is 1.94. The molecule has 0 aliphatic carbocycles. The molecule has 16 heavy (non-hydrogen) atoms. The summed E-state index contributed by atoms with van der Waals surface area (Å²) in [5.74, 6) is 0. The van der Waals surface area contributed by atoms with Gasteiger partial charge >= 0.3 is 0 Å². The Morgan fingerprint density at radius 1 is 1.31 bits per heavy atom. The van der Waals surface area contributed by atoms with E-state index in [2.05, 4.69) is 72.1 Å². The maximum atomic E-state index is 3.33. The minimum atomic E-state index is 1.06. The summed E-state index contributed by atoms with van der Waals surface area (Å²) in [4.78, 5) is 0. The Morgan fingerprint density at radius 2 is 2.00 bits per heavy atom. The van der Waals surface area contributed by atoms with Crippen molar-refractivity contribution < 1.29 is 0 Å². The van der Waals surface area contributed by atoms with Crippen molar-refractivity contribution in [3.8, 4) is 0 Å². The van der Waals surface area contributed by atoms with Crippen LogP contribution >= 0.6 is 22.6 Å². The highest BCUT2D eigenvalue weighted by molar-refractivity contribution is 14.1. The standard InChI is InChI=1S/C14H20IN/c1-3-16-10-4-5-12(2)11-13-6-8-14(15)9-7-13/h5-9,16H,3-4,10-11H2,1-2H3. The summed E-state index contributed by atoms with van der Waals surface area (Å²) in [6, 6.07) is 8.76. The number of hydrogen-bond donors (Lipinski definition) is 1. The second-order valence-corrected chi connectivity index (χ2v) is 5.24. The first-order chi connectivity index (χ1) is 7.72. The molecule has 0 amide bonds. The summed E-state index contributed by atoms with van der Waals surface area (Å²) in [5.41, 5.74) is 2.86. The Kier molecular flexibility index (Phi) is 6.73. The zero-order valence-electron chi connectivity index (χ0n) is 10.1. The van der Waals surface area contributed by atoms with Crippen LogP contribution in [0.5, 0.6) is 0 Å². The third-order valence-corrected chi connectivity index (χ3v) is 3.18. The first kappa shape index (κ1) is 13.7. The van der Waals surface area contributed by atoms with Crippen LogP contribution < -0.4 is 5.32 Å². The van der Waals surface area contributed by atoms with Crippen molar-refractivity contribution in [2.75, 3.05) is 13.1 Å². The van der Waals surface area contributed by atoms with Crippen LogP contribution in [0, 0.1) is 3.57 Å². The van der Waals surface area contributed by atoms with Gasteiger partial charge in [-0.2, -0.15) is 0 Å². The molecule has 0 radical (unpaired) electrons. The van der Waals surface area contributed by atoms with E-state index in [-0.39, 0.29) is 0 Å². The van der Waals surface area contributed by atoms with Crippen LogP contribution in [-0.2, 0) is 6.42 Å². The highest BCUT2D eigenvalue weighted by Crippen LogP contribution is 2.11. The van der Waals surface area contributed by atoms with E-state index in [0.717, 1.165) is 25.9 Å². The van der Waals surface area contributed by atoms with Gasteiger partial charge in [-0.05, 0) is 73.1 Å². The average Bonchev–Trinajstić information content (AvgIpc) is 2.28. The second-order valence-electron chi connectivity index (χ2n) is 4.00. The van der Waals surface area contributed by atoms with E-state index in [0.29, 0.717) is 0 Å². The highest BCUT2D eigenvalue weighted by atomic mass is 127. The van der Waals surface area contributed by atoms with Gasteiger partial charge in [0.1, 0.15) is 0 Å². The molecule has 1 nitrogen and oxygen atoms in total. The zero-order chi connectivity index (χ0) is 11.8. The van der Waals surface area contributed by atoms with Crippen LogP contribution in [0.1, 0.15) is 25.8 Å². The van der Waals surface area contributed by atoms with Crippen molar-refractivity contribution in [2.45, 2.75) is 26.7 Å². The Morgan fingerprint density at radius 3 is 2.62 bits per heavy atom. The van der Waals surface area contributed by atoms with E-state index in [1.807, 2.05) is 0 Å². The molecule has 0 unspecified atom stereocenters. The van der Waals surface area contributed by atoms with Crippen LogP contribution in [-0.4, -0.2) is 13.1 Å². The van der Waals surface area contributed by atoms with Crippen molar-refractivity contribution in [3.63, 3.8) is 0 Å². The van der Waals surface area contributed by atoms with Gasteiger partial charge in [-0.1, -0.05) is 30.7 Å². The molecule has 2 heteroatoms. The van der Waals surface area contributed by atoms with Gasteiger partial charge in [0.2, 0.25) is 0 Å². The molecule has 1 aromatic rings. The molecule has 0 atom stereocenters. The molecular weight excluding hydrogens is 309 g/mol. The van der Waals surface area contributed by atoms with Crippen molar-refractivity contribution in [1.29, 1.82) is 0 Å². The van der Waals surface area contributed by atoms with Crippen LogP contribution in [0.25, 0.3) is 0 Å². The van der Waals surface area contributed by atoms with Gasteiger partial charge < -0.3 is 5.32 Å².